The van der Waals surface area contributed by atoms with E-state index in [-0.39, 0.29) is 36.3 Å². The van der Waals surface area contributed by atoms with Crippen molar-refractivity contribution in [3.05, 3.63) is 88.9 Å². The molecule has 13 heteroatoms. The molecular weight excluding hydrogens is 580 g/mol. The first-order valence-electron chi connectivity index (χ1n) is 13.8. The van der Waals surface area contributed by atoms with Crippen LogP contribution in [-0.2, 0) is 17.5 Å². The lowest BCUT2D eigenvalue weighted by molar-refractivity contribution is -0.137. The van der Waals surface area contributed by atoms with E-state index >= 15 is 4.39 Å². The summed E-state index contributed by atoms with van der Waals surface area (Å²) in [6.45, 7) is -0.163. The number of hydrogen-bond donors (Lipinski definition) is 2. The lowest BCUT2D eigenvalue weighted by Gasteiger charge is -2.38. The Labute approximate surface area is 248 Å². The zero-order chi connectivity index (χ0) is 31.2. The number of urea groups is 1. The molecule has 0 bridgehead atoms. The minimum Gasteiger partial charge on any atom is -0.348 e. The van der Waals surface area contributed by atoms with Crippen molar-refractivity contribution < 1.29 is 31.9 Å². The molecular formula is C31H24F4N6O3. The van der Waals surface area contributed by atoms with Crippen LogP contribution in [0, 0.1) is 17.1 Å². The molecule has 224 valence electrons. The molecule has 4 amide bonds. The third kappa shape index (κ3) is 4.82. The van der Waals surface area contributed by atoms with E-state index in [0.717, 1.165) is 35.5 Å². The number of nitrogens with zero attached hydrogens (tertiary/aromatic N) is 4. The van der Waals surface area contributed by atoms with Crippen LogP contribution in [0.4, 0.5) is 33.7 Å². The predicted octanol–water partition coefficient (Wildman–Crippen LogP) is 6.20. The number of benzene rings is 3. The first-order chi connectivity index (χ1) is 21.0. The summed E-state index contributed by atoms with van der Waals surface area (Å²) >= 11 is 0. The largest absolute Gasteiger partial charge is 0.417 e. The molecule has 44 heavy (non-hydrogen) atoms. The van der Waals surface area contributed by atoms with Crippen molar-refractivity contribution in [2.45, 2.75) is 50.4 Å². The molecule has 0 atom stereocenters. The first kappa shape index (κ1) is 28.9. The Morgan fingerprint density at radius 3 is 2.48 bits per heavy atom. The number of halogens is 4. The van der Waals surface area contributed by atoms with Gasteiger partial charge in [-0.05, 0) is 61.4 Å². The molecule has 1 saturated carbocycles. The summed E-state index contributed by atoms with van der Waals surface area (Å²) in [5.41, 5.74) is -2.34. The van der Waals surface area contributed by atoms with Gasteiger partial charge in [-0.3, -0.25) is 19.6 Å². The van der Waals surface area contributed by atoms with Gasteiger partial charge in [0.05, 0.1) is 34.6 Å². The lowest BCUT2D eigenvalue weighted by Crippen LogP contribution is -2.51. The number of aromatic nitrogens is 2. The average Bonchev–Trinajstić information content (AvgIpc) is 3.56. The molecule has 1 saturated heterocycles. The highest BCUT2D eigenvalue weighted by Crippen LogP contribution is 2.45. The van der Waals surface area contributed by atoms with Crippen molar-refractivity contribution in [1.29, 1.82) is 5.26 Å². The molecule has 0 unspecified atom stereocenters. The maximum Gasteiger partial charge on any atom is 0.417 e. The second kappa shape index (κ2) is 10.8. The SMILES string of the molecule is N#Cc1ccc(N2C(=O)N(c3ccc(CNC(=O)c4ccc5[nH]ncc5c4)c(F)c3)C3(CCCCC3)C2=O)cc1C(F)(F)F. The number of carbonyl (C=O) groups excluding carboxylic acids is 3. The number of imide groups is 1. The minimum atomic E-state index is -4.89. The molecule has 9 nitrogen and oxygen atoms in total. The number of nitrogens with one attached hydrogen (secondary N) is 2. The zero-order valence-electron chi connectivity index (χ0n) is 23.0. The monoisotopic (exact) mass is 604 g/mol. The smallest absolute Gasteiger partial charge is 0.348 e. The first-order valence-corrected chi connectivity index (χ1v) is 13.8. The molecule has 1 spiro atoms. The van der Waals surface area contributed by atoms with Crippen LogP contribution in [-0.4, -0.2) is 33.6 Å². The number of anilines is 2. The van der Waals surface area contributed by atoms with Crippen LogP contribution in [0.5, 0.6) is 0 Å². The summed E-state index contributed by atoms with van der Waals surface area (Å²) in [4.78, 5) is 42.3. The van der Waals surface area contributed by atoms with Gasteiger partial charge >= 0.3 is 12.2 Å². The van der Waals surface area contributed by atoms with E-state index in [4.69, 9.17) is 5.26 Å². The number of alkyl halides is 3. The van der Waals surface area contributed by atoms with Crippen LogP contribution >= 0.6 is 0 Å². The van der Waals surface area contributed by atoms with Gasteiger partial charge in [0, 0.05) is 28.7 Å². The second-order valence-electron chi connectivity index (χ2n) is 10.8. The van der Waals surface area contributed by atoms with E-state index in [0.29, 0.717) is 29.4 Å². The van der Waals surface area contributed by atoms with Gasteiger partial charge in [0.1, 0.15) is 11.4 Å². The van der Waals surface area contributed by atoms with E-state index < -0.39 is 46.5 Å². The molecule has 0 radical (unpaired) electrons. The molecule has 2 heterocycles. The van der Waals surface area contributed by atoms with Crippen LogP contribution in [0.25, 0.3) is 10.9 Å². The Kier molecular flexibility index (Phi) is 7.07. The number of hydrogen-bond acceptors (Lipinski definition) is 5. The normalized spacial score (nSPS) is 16.5. The Morgan fingerprint density at radius 2 is 1.77 bits per heavy atom. The topological polar surface area (TPSA) is 122 Å². The van der Waals surface area contributed by atoms with E-state index in [1.807, 2.05) is 0 Å². The fraction of sp³-hybridized carbons (Fsp3) is 0.258. The molecule has 1 aliphatic carbocycles. The Balaban J connectivity index is 1.29. The van der Waals surface area contributed by atoms with E-state index in [2.05, 4.69) is 15.5 Å². The number of H-pyrrole nitrogens is 1. The molecule has 2 fully saturated rings. The van der Waals surface area contributed by atoms with Gasteiger partial charge < -0.3 is 5.32 Å². The van der Waals surface area contributed by atoms with Crippen molar-refractivity contribution >= 4 is 40.1 Å². The zero-order valence-corrected chi connectivity index (χ0v) is 23.0. The average molecular weight is 605 g/mol. The number of nitriles is 1. The van der Waals surface area contributed by atoms with Crippen LogP contribution in [0.2, 0.25) is 0 Å². The van der Waals surface area contributed by atoms with E-state index in [9.17, 15) is 27.6 Å². The highest BCUT2D eigenvalue weighted by Gasteiger charge is 2.58. The summed E-state index contributed by atoms with van der Waals surface area (Å²) in [6.07, 6.45) is -0.856. The number of fused-ring (bicyclic) bond motifs is 1. The van der Waals surface area contributed by atoms with Gasteiger partial charge in [-0.1, -0.05) is 25.3 Å². The fourth-order valence-electron chi connectivity index (χ4n) is 6.02. The van der Waals surface area contributed by atoms with Gasteiger partial charge in [-0.15, -0.1) is 0 Å². The van der Waals surface area contributed by atoms with E-state index in [1.54, 1.807) is 24.4 Å². The second-order valence-corrected chi connectivity index (χ2v) is 10.8. The van der Waals surface area contributed by atoms with E-state index in [1.165, 1.54) is 23.1 Å². The third-order valence-corrected chi connectivity index (χ3v) is 8.22. The van der Waals surface area contributed by atoms with Gasteiger partial charge in [-0.25, -0.2) is 14.1 Å². The van der Waals surface area contributed by atoms with Crippen molar-refractivity contribution in [3.63, 3.8) is 0 Å². The maximum absolute atomic E-state index is 15.4. The highest BCUT2D eigenvalue weighted by atomic mass is 19.4. The van der Waals surface area contributed by atoms with Crippen LogP contribution in [0.3, 0.4) is 0 Å². The van der Waals surface area contributed by atoms with Crippen LogP contribution in [0.15, 0.2) is 60.8 Å². The van der Waals surface area contributed by atoms with Crippen LogP contribution < -0.4 is 15.1 Å². The molecule has 1 aromatic heterocycles. The van der Waals surface area contributed by atoms with Crippen molar-refractivity contribution in [3.8, 4) is 6.07 Å². The summed E-state index contributed by atoms with van der Waals surface area (Å²) < 4.78 is 56.5. The van der Waals surface area contributed by atoms with Gasteiger partial charge in [-0.2, -0.15) is 23.5 Å². The van der Waals surface area contributed by atoms with Crippen molar-refractivity contribution in [2.24, 2.45) is 0 Å². The summed E-state index contributed by atoms with van der Waals surface area (Å²) in [6, 6.07) is 12.1. The van der Waals surface area contributed by atoms with Gasteiger partial charge in [0.25, 0.3) is 11.8 Å². The molecule has 2 N–H and O–H groups in total. The van der Waals surface area contributed by atoms with Crippen molar-refractivity contribution in [1.82, 2.24) is 15.5 Å². The summed E-state index contributed by atoms with van der Waals surface area (Å²) in [5, 5.41) is 19.3. The molecule has 6 rings (SSSR count). The fourth-order valence-corrected chi connectivity index (χ4v) is 6.02. The van der Waals surface area contributed by atoms with Crippen molar-refractivity contribution in [2.75, 3.05) is 9.80 Å². The number of carbonyl (C=O) groups is 3. The molecule has 2 aliphatic rings. The lowest BCUT2D eigenvalue weighted by atomic mass is 9.80. The molecule has 3 aromatic carbocycles. The summed E-state index contributed by atoms with van der Waals surface area (Å²) in [7, 11) is 0. The standard InChI is InChI=1S/C31H24F4N6O3/c32-25-14-23(8-5-20(25)16-37-27(42)18-6-9-26-21(12-18)17-38-39-26)41-29(44)40(28(43)30(41)10-2-1-3-11-30)22-7-4-19(15-36)24(13-22)31(33,34)35/h4-9,12-14,17H,1-3,10-11,16H2,(H,37,42)(H,38,39). The molecule has 1 aliphatic heterocycles. The number of amides is 4. The molecule has 4 aromatic rings. The maximum atomic E-state index is 15.4. The Hall–Kier alpha value is -5.25. The quantitative estimate of drug-likeness (QED) is 0.208. The Morgan fingerprint density at radius 1 is 1.02 bits per heavy atom. The third-order valence-electron chi connectivity index (χ3n) is 8.22. The van der Waals surface area contributed by atoms with Gasteiger partial charge in [0.15, 0.2) is 0 Å². The number of rotatable bonds is 5. The highest BCUT2D eigenvalue weighted by molar-refractivity contribution is 6.30. The minimum absolute atomic E-state index is 0.0652. The predicted molar refractivity (Wildman–Crippen MR) is 151 cm³/mol. The summed E-state index contributed by atoms with van der Waals surface area (Å²) in [5.74, 6) is -1.88. The number of aromatic amines is 1. The Bertz CT molecular complexity index is 1860. The van der Waals surface area contributed by atoms with Crippen LogP contribution in [0.1, 0.15) is 59.2 Å². The van der Waals surface area contributed by atoms with Gasteiger partial charge in [0.2, 0.25) is 0 Å².